The van der Waals surface area contributed by atoms with Crippen molar-refractivity contribution < 1.29 is 9.18 Å². The first-order chi connectivity index (χ1) is 14.2. The van der Waals surface area contributed by atoms with Crippen LogP contribution < -0.4 is 4.90 Å². The predicted octanol–water partition coefficient (Wildman–Crippen LogP) is 4.34. The lowest BCUT2D eigenvalue weighted by Crippen LogP contribution is -2.41. The van der Waals surface area contributed by atoms with Crippen LogP contribution in [0.25, 0.3) is 21.6 Å². The number of fused-ring (bicyclic) bond motifs is 1. The van der Waals surface area contributed by atoms with Crippen molar-refractivity contribution in [2.24, 2.45) is 5.92 Å². The van der Waals surface area contributed by atoms with E-state index in [1.165, 1.54) is 12.1 Å². The van der Waals surface area contributed by atoms with E-state index in [-0.39, 0.29) is 11.7 Å². The Morgan fingerprint density at radius 2 is 1.69 bits per heavy atom. The molecule has 2 saturated heterocycles. The van der Waals surface area contributed by atoms with Crippen molar-refractivity contribution in [2.45, 2.75) is 25.7 Å². The van der Waals surface area contributed by atoms with Crippen LogP contribution in [0.3, 0.4) is 0 Å². The van der Waals surface area contributed by atoms with Crippen LogP contribution in [0.5, 0.6) is 0 Å². The number of likely N-dealkylation sites (tertiary alicyclic amines) is 1. The van der Waals surface area contributed by atoms with E-state index < -0.39 is 0 Å². The highest BCUT2D eigenvalue weighted by molar-refractivity contribution is 7.21. The second kappa shape index (κ2) is 7.71. The Bertz CT molecular complexity index is 1020. The molecule has 7 heteroatoms. The fourth-order valence-electron chi connectivity index (χ4n) is 4.24. The Morgan fingerprint density at radius 1 is 0.966 bits per heavy atom. The first kappa shape index (κ1) is 18.5. The number of hydrogen-bond acceptors (Lipinski definition) is 5. The smallest absolute Gasteiger partial charge is 0.225 e. The van der Waals surface area contributed by atoms with Crippen molar-refractivity contribution in [3.05, 3.63) is 42.2 Å². The van der Waals surface area contributed by atoms with Crippen LogP contribution in [0, 0.1) is 11.7 Å². The molecule has 0 N–H and O–H groups in total. The molecule has 5 rings (SSSR count). The van der Waals surface area contributed by atoms with E-state index in [0.29, 0.717) is 5.91 Å². The number of thiazole rings is 1. The number of pyridine rings is 1. The first-order valence-electron chi connectivity index (χ1n) is 10.2. The zero-order chi connectivity index (χ0) is 19.8. The molecule has 0 atom stereocenters. The Hall–Kier alpha value is -2.54. The molecule has 0 spiro atoms. The van der Waals surface area contributed by atoms with Crippen LogP contribution in [0.15, 0.2) is 36.4 Å². The molecule has 5 nitrogen and oxygen atoms in total. The molecule has 2 aliphatic heterocycles. The molecule has 1 amide bonds. The van der Waals surface area contributed by atoms with Gasteiger partial charge in [0.1, 0.15) is 16.2 Å². The average Bonchev–Trinajstić information content (AvgIpc) is 3.43. The molecule has 2 aromatic heterocycles. The second-order valence-corrected chi connectivity index (χ2v) is 8.77. The average molecular weight is 411 g/mol. The Balaban J connectivity index is 1.29. The van der Waals surface area contributed by atoms with Gasteiger partial charge in [-0.1, -0.05) is 11.3 Å². The third kappa shape index (κ3) is 3.71. The number of anilines is 1. The van der Waals surface area contributed by atoms with Gasteiger partial charge in [-0.3, -0.25) is 4.79 Å². The fraction of sp³-hybridized carbons (Fsp3) is 0.409. The van der Waals surface area contributed by atoms with Gasteiger partial charge in [0.15, 0.2) is 5.13 Å². The SMILES string of the molecule is O=C(C1CCN(c2nc3ccc(-c4ccc(F)cc4)nc3s2)CC1)N1CCCC1. The maximum absolute atomic E-state index is 13.2. The Kier molecular flexibility index (Phi) is 4.91. The number of halogens is 1. The molecule has 29 heavy (non-hydrogen) atoms. The standard InChI is InChI=1S/C22H23FN4OS/c23-17-5-3-15(4-6-17)18-7-8-19-20(24-18)29-22(25-19)27-13-9-16(10-14-27)21(28)26-11-1-2-12-26/h3-8,16H,1-2,9-14H2. The number of carbonyl (C=O) groups is 1. The van der Waals surface area contributed by atoms with E-state index in [0.717, 1.165) is 78.6 Å². The summed E-state index contributed by atoms with van der Waals surface area (Å²) in [6.07, 6.45) is 4.06. The van der Waals surface area contributed by atoms with E-state index in [2.05, 4.69) is 4.90 Å². The normalized spacial score (nSPS) is 18.0. The summed E-state index contributed by atoms with van der Waals surface area (Å²) in [6, 6.07) is 10.3. The fourth-order valence-corrected chi connectivity index (χ4v) is 5.23. The van der Waals surface area contributed by atoms with E-state index in [1.54, 1.807) is 23.5 Å². The molecule has 0 bridgehead atoms. The minimum absolute atomic E-state index is 0.155. The van der Waals surface area contributed by atoms with Gasteiger partial charge >= 0.3 is 0 Å². The molecule has 1 aromatic carbocycles. The minimum Gasteiger partial charge on any atom is -0.348 e. The summed E-state index contributed by atoms with van der Waals surface area (Å²) in [6.45, 7) is 3.57. The molecule has 150 valence electrons. The largest absolute Gasteiger partial charge is 0.348 e. The van der Waals surface area contributed by atoms with Crippen molar-refractivity contribution in [3.63, 3.8) is 0 Å². The maximum atomic E-state index is 13.2. The number of aromatic nitrogens is 2. The third-order valence-electron chi connectivity index (χ3n) is 5.92. The van der Waals surface area contributed by atoms with Crippen LogP contribution in [-0.4, -0.2) is 47.0 Å². The van der Waals surface area contributed by atoms with Gasteiger partial charge in [0.05, 0.1) is 5.69 Å². The van der Waals surface area contributed by atoms with Gasteiger partial charge in [0.2, 0.25) is 5.91 Å². The van der Waals surface area contributed by atoms with Crippen molar-refractivity contribution in [1.29, 1.82) is 0 Å². The van der Waals surface area contributed by atoms with Gasteiger partial charge < -0.3 is 9.80 Å². The highest BCUT2D eigenvalue weighted by atomic mass is 32.1. The molecule has 3 aromatic rings. The van der Waals surface area contributed by atoms with Crippen molar-refractivity contribution >= 4 is 32.7 Å². The molecule has 0 saturated carbocycles. The van der Waals surface area contributed by atoms with Crippen LogP contribution in [0.1, 0.15) is 25.7 Å². The lowest BCUT2D eigenvalue weighted by atomic mass is 9.95. The summed E-state index contributed by atoms with van der Waals surface area (Å²) >= 11 is 1.59. The topological polar surface area (TPSA) is 49.3 Å². The number of nitrogens with zero attached hydrogens (tertiary/aromatic N) is 4. The number of carbonyl (C=O) groups excluding carboxylic acids is 1. The highest BCUT2D eigenvalue weighted by Crippen LogP contribution is 2.32. The summed E-state index contributed by atoms with van der Waals surface area (Å²) < 4.78 is 13.2. The van der Waals surface area contributed by atoms with Crippen LogP contribution in [-0.2, 0) is 4.79 Å². The first-order valence-corrected chi connectivity index (χ1v) is 11.1. The quantitative estimate of drug-likeness (QED) is 0.645. The summed E-state index contributed by atoms with van der Waals surface area (Å²) in [4.78, 5) is 27.3. The van der Waals surface area contributed by atoms with E-state index >= 15 is 0 Å². The zero-order valence-corrected chi connectivity index (χ0v) is 17.0. The highest BCUT2D eigenvalue weighted by Gasteiger charge is 2.30. The number of amides is 1. The maximum Gasteiger partial charge on any atom is 0.225 e. The number of piperidine rings is 1. The lowest BCUT2D eigenvalue weighted by molar-refractivity contribution is -0.135. The molecule has 0 radical (unpaired) electrons. The summed E-state index contributed by atoms with van der Waals surface area (Å²) in [5, 5.41) is 0.968. The second-order valence-electron chi connectivity index (χ2n) is 7.82. The van der Waals surface area contributed by atoms with Crippen LogP contribution in [0.2, 0.25) is 0 Å². The predicted molar refractivity (Wildman–Crippen MR) is 114 cm³/mol. The van der Waals surface area contributed by atoms with Crippen molar-refractivity contribution in [3.8, 4) is 11.3 Å². The molecule has 2 aliphatic rings. The third-order valence-corrected chi connectivity index (χ3v) is 6.94. The molecule has 0 aliphatic carbocycles. The summed E-state index contributed by atoms with van der Waals surface area (Å²) in [5.41, 5.74) is 2.60. The van der Waals surface area contributed by atoms with Gasteiger partial charge in [0, 0.05) is 37.7 Å². The van der Waals surface area contributed by atoms with E-state index in [1.807, 2.05) is 17.0 Å². The van der Waals surface area contributed by atoms with Gasteiger partial charge in [-0.15, -0.1) is 0 Å². The Labute approximate surface area is 173 Å². The van der Waals surface area contributed by atoms with Crippen molar-refractivity contribution in [2.75, 3.05) is 31.1 Å². The van der Waals surface area contributed by atoms with Gasteiger partial charge in [0.25, 0.3) is 0 Å². The number of benzene rings is 1. The van der Waals surface area contributed by atoms with E-state index in [4.69, 9.17) is 9.97 Å². The molecule has 4 heterocycles. The minimum atomic E-state index is -0.249. The van der Waals surface area contributed by atoms with Gasteiger partial charge in [-0.25, -0.2) is 14.4 Å². The monoisotopic (exact) mass is 410 g/mol. The van der Waals surface area contributed by atoms with Crippen LogP contribution >= 0.6 is 11.3 Å². The number of rotatable bonds is 3. The van der Waals surface area contributed by atoms with Crippen LogP contribution in [0.4, 0.5) is 9.52 Å². The lowest BCUT2D eigenvalue weighted by Gasteiger charge is -2.32. The zero-order valence-electron chi connectivity index (χ0n) is 16.2. The van der Waals surface area contributed by atoms with Crippen molar-refractivity contribution in [1.82, 2.24) is 14.9 Å². The van der Waals surface area contributed by atoms with Gasteiger partial charge in [-0.05, 0) is 62.1 Å². The number of hydrogen-bond donors (Lipinski definition) is 0. The Morgan fingerprint density at radius 3 is 2.41 bits per heavy atom. The van der Waals surface area contributed by atoms with E-state index in [9.17, 15) is 9.18 Å². The summed E-state index contributed by atoms with van der Waals surface area (Å²) in [7, 11) is 0. The molecular formula is C22H23FN4OS. The summed E-state index contributed by atoms with van der Waals surface area (Å²) in [5.74, 6) is 0.250. The molecule has 2 fully saturated rings. The molecular weight excluding hydrogens is 387 g/mol. The van der Waals surface area contributed by atoms with Gasteiger partial charge in [-0.2, -0.15) is 0 Å². The molecule has 0 unspecified atom stereocenters.